The SMILES string of the molecule is NC1CN(CC(F)(F)F)c2ccccc2N(CCOCc2ccccc2)C1=O. The molecule has 5 nitrogen and oxygen atoms in total. The Balaban J connectivity index is 1.75. The Bertz CT molecular complexity index is 799. The molecular weight excluding hydrogens is 371 g/mol. The number of ether oxygens (including phenoxy) is 1. The molecule has 0 fully saturated rings. The number of fused-ring (bicyclic) bond motifs is 1. The summed E-state index contributed by atoms with van der Waals surface area (Å²) in [5.74, 6) is -0.416. The van der Waals surface area contributed by atoms with Gasteiger partial charge in [-0.15, -0.1) is 0 Å². The molecule has 0 aliphatic carbocycles. The van der Waals surface area contributed by atoms with E-state index < -0.39 is 24.7 Å². The van der Waals surface area contributed by atoms with Gasteiger partial charge in [-0.25, -0.2) is 0 Å². The van der Waals surface area contributed by atoms with Gasteiger partial charge in [0.05, 0.1) is 24.6 Å². The van der Waals surface area contributed by atoms with Crippen molar-refractivity contribution in [3.63, 3.8) is 0 Å². The molecule has 1 atom stereocenters. The fraction of sp³-hybridized carbons (Fsp3) is 0.350. The molecule has 150 valence electrons. The maximum absolute atomic E-state index is 13.0. The van der Waals surface area contributed by atoms with E-state index in [1.165, 1.54) is 4.90 Å². The molecular formula is C20H22F3N3O2. The van der Waals surface area contributed by atoms with Crippen molar-refractivity contribution in [1.82, 2.24) is 0 Å². The summed E-state index contributed by atoms with van der Waals surface area (Å²) in [6, 6.07) is 15.1. The van der Waals surface area contributed by atoms with Gasteiger partial charge in [0.15, 0.2) is 0 Å². The van der Waals surface area contributed by atoms with Crippen LogP contribution in [0.3, 0.4) is 0 Å². The molecule has 0 saturated carbocycles. The fourth-order valence-electron chi connectivity index (χ4n) is 3.21. The van der Waals surface area contributed by atoms with Crippen molar-refractivity contribution in [2.45, 2.75) is 18.8 Å². The zero-order valence-electron chi connectivity index (χ0n) is 15.2. The first-order chi connectivity index (χ1) is 13.3. The summed E-state index contributed by atoms with van der Waals surface area (Å²) in [5.41, 5.74) is 7.66. The van der Waals surface area contributed by atoms with Crippen LogP contribution in [0.2, 0.25) is 0 Å². The number of carbonyl (C=O) groups is 1. The van der Waals surface area contributed by atoms with E-state index in [2.05, 4.69) is 0 Å². The normalized spacial score (nSPS) is 17.4. The number of halogens is 3. The quantitative estimate of drug-likeness (QED) is 0.767. The Morgan fingerprint density at radius 1 is 1.04 bits per heavy atom. The zero-order valence-corrected chi connectivity index (χ0v) is 15.2. The van der Waals surface area contributed by atoms with Crippen LogP contribution in [0.25, 0.3) is 0 Å². The topological polar surface area (TPSA) is 58.8 Å². The van der Waals surface area contributed by atoms with Crippen LogP contribution >= 0.6 is 0 Å². The van der Waals surface area contributed by atoms with E-state index in [0.717, 1.165) is 10.5 Å². The molecule has 0 radical (unpaired) electrons. The molecule has 28 heavy (non-hydrogen) atoms. The number of hydrogen-bond donors (Lipinski definition) is 1. The lowest BCUT2D eigenvalue weighted by Crippen LogP contribution is -2.49. The number of para-hydroxylation sites is 2. The highest BCUT2D eigenvalue weighted by Crippen LogP contribution is 2.34. The Kier molecular flexibility index (Phi) is 6.21. The minimum absolute atomic E-state index is 0.198. The Morgan fingerprint density at radius 3 is 2.36 bits per heavy atom. The van der Waals surface area contributed by atoms with Gasteiger partial charge in [0.25, 0.3) is 0 Å². The number of benzene rings is 2. The summed E-state index contributed by atoms with van der Waals surface area (Å²) in [7, 11) is 0. The molecule has 8 heteroatoms. The van der Waals surface area contributed by atoms with Crippen LogP contribution in [-0.2, 0) is 16.1 Å². The van der Waals surface area contributed by atoms with Crippen molar-refractivity contribution in [2.75, 3.05) is 36.0 Å². The average molecular weight is 393 g/mol. The van der Waals surface area contributed by atoms with Crippen LogP contribution < -0.4 is 15.5 Å². The van der Waals surface area contributed by atoms with E-state index in [0.29, 0.717) is 18.0 Å². The highest BCUT2D eigenvalue weighted by Gasteiger charge is 2.37. The second-order valence-corrected chi connectivity index (χ2v) is 6.62. The smallest absolute Gasteiger partial charge is 0.375 e. The van der Waals surface area contributed by atoms with Gasteiger partial charge >= 0.3 is 6.18 Å². The van der Waals surface area contributed by atoms with Crippen LogP contribution in [0.4, 0.5) is 24.5 Å². The van der Waals surface area contributed by atoms with E-state index >= 15 is 0 Å². The highest BCUT2D eigenvalue weighted by atomic mass is 19.4. The monoisotopic (exact) mass is 393 g/mol. The number of nitrogens with two attached hydrogens (primary N) is 1. The van der Waals surface area contributed by atoms with Gasteiger partial charge in [0.1, 0.15) is 12.6 Å². The Hall–Kier alpha value is -2.58. The van der Waals surface area contributed by atoms with E-state index in [4.69, 9.17) is 10.5 Å². The zero-order chi connectivity index (χ0) is 20.1. The van der Waals surface area contributed by atoms with Gasteiger partial charge in [0, 0.05) is 13.1 Å². The molecule has 2 N–H and O–H groups in total. The average Bonchev–Trinajstić information content (AvgIpc) is 2.75. The second kappa shape index (κ2) is 8.62. The molecule has 2 aromatic rings. The fourth-order valence-corrected chi connectivity index (χ4v) is 3.21. The van der Waals surface area contributed by atoms with Gasteiger partial charge in [0.2, 0.25) is 5.91 Å². The van der Waals surface area contributed by atoms with Crippen molar-refractivity contribution >= 4 is 17.3 Å². The molecule has 1 amide bonds. The molecule has 0 bridgehead atoms. The summed E-state index contributed by atoms with van der Waals surface area (Å²) < 4.78 is 44.6. The molecule has 1 aliphatic heterocycles. The molecule has 3 rings (SSSR count). The molecule has 0 spiro atoms. The lowest BCUT2D eigenvalue weighted by molar-refractivity contribution is -0.122. The van der Waals surface area contributed by atoms with Crippen molar-refractivity contribution in [3.8, 4) is 0 Å². The van der Waals surface area contributed by atoms with E-state index in [1.807, 2.05) is 30.3 Å². The Labute approximate surface area is 161 Å². The van der Waals surface area contributed by atoms with Gasteiger partial charge in [-0.3, -0.25) is 4.79 Å². The summed E-state index contributed by atoms with van der Waals surface area (Å²) in [6.07, 6.45) is -4.40. The third-order valence-electron chi connectivity index (χ3n) is 4.45. The van der Waals surface area contributed by atoms with Crippen LogP contribution in [0.5, 0.6) is 0 Å². The lowest BCUT2D eigenvalue weighted by Gasteiger charge is -2.27. The number of hydrogen-bond acceptors (Lipinski definition) is 4. The molecule has 1 heterocycles. The first-order valence-corrected chi connectivity index (χ1v) is 8.94. The van der Waals surface area contributed by atoms with Crippen molar-refractivity contribution in [3.05, 3.63) is 60.2 Å². The van der Waals surface area contributed by atoms with E-state index in [9.17, 15) is 18.0 Å². The third-order valence-corrected chi connectivity index (χ3v) is 4.45. The summed E-state index contributed by atoms with van der Waals surface area (Å²) >= 11 is 0. The van der Waals surface area contributed by atoms with Gasteiger partial charge in [-0.05, 0) is 17.7 Å². The number of amides is 1. The summed E-state index contributed by atoms with van der Waals surface area (Å²) in [5, 5.41) is 0. The van der Waals surface area contributed by atoms with Gasteiger partial charge in [-0.2, -0.15) is 13.2 Å². The van der Waals surface area contributed by atoms with Crippen molar-refractivity contribution in [1.29, 1.82) is 0 Å². The first-order valence-electron chi connectivity index (χ1n) is 8.94. The van der Waals surface area contributed by atoms with E-state index in [1.54, 1.807) is 24.3 Å². The van der Waals surface area contributed by atoms with Crippen LogP contribution in [0, 0.1) is 0 Å². The van der Waals surface area contributed by atoms with Gasteiger partial charge < -0.3 is 20.3 Å². The predicted octanol–water partition coefficient (Wildman–Crippen LogP) is 2.95. The van der Waals surface area contributed by atoms with Crippen LogP contribution in [0.15, 0.2) is 54.6 Å². The largest absolute Gasteiger partial charge is 0.405 e. The summed E-state index contributed by atoms with van der Waals surface area (Å²) in [6.45, 7) is -0.534. The van der Waals surface area contributed by atoms with Crippen LogP contribution in [0.1, 0.15) is 5.56 Å². The Morgan fingerprint density at radius 2 is 1.68 bits per heavy atom. The minimum Gasteiger partial charge on any atom is -0.375 e. The first kappa shape index (κ1) is 20.2. The second-order valence-electron chi connectivity index (χ2n) is 6.62. The molecule has 0 saturated heterocycles. The van der Waals surface area contributed by atoms with Gasteiger partial charge in [-0.1, -0.05) is 42.5 Å². The molecule has 1 unspecified atom stereocenters. The van der Waals surface area contributed by atoms with Crippen LogP contribution in [-0.4, -0.2) is 44.4 Å². The maximum Gasteiger partial charge on any atom is 0.405 e. The van der Waals surface area contributed by atoms with E-state index in [-0.39, 0.29) is 19.7 Å². The highest BCUT2D eigenvalue weighted by molar-refractivity contribution is 6.01. The minimum atomic E-state index is -4.40. The number of rotatable bonds is 6. The third kappa shape index (κ3) is 5.02. The lowest BCUT2D eigenvalue weighted by atomic mass is 10.2. The standard InChI is InChI=1S/C20H22F3N3O2/c21-20(22,23)14-25-12-16(24)19(27)26(18-9-5-4-8-17(18)25)10-11-28-13-15-6-2-1-3-7-15/h1-9,16H,10-14,24H2. The summed E-state index contributed by atoms with van der Waals surface area (Å²) in [4.78, 5) is 15.3. The molecule has 1 aliphatic rings. The van der Waals surface area contributed by atoms with Crippen molar-refractivity contribution in [2.24, 2.45) is 5.73 Å². The number of alkyl halides is 3. The number of nitrogens with zero attached hydrogens (tertiary/aromatic N) is 2. The maximum atomic E-state index is 13.0. The van der Waals surface area contributed by atoms with Crippen molar-refractivity contribution < 1.29 is 22.7 Å². The molecule has 0 aromatic heterocycles. The number of anilines is 2. The number of carbonyl (C=O) groups excluding carboxylic acids is 1. The molecule has 2 aromatic carbocycles. The predicted molar refractivity (Wildman–Crippen MR) is 101 cm³/mol.